The molecule has 1 saturated carbocycles. The lowest BCUT2D eigenvalue weighted by Crippen LogP contribution is -2.50. The molecule has 0 radical (unpaired) electrons. The van der Waals surface area contributed by atoms with Crippen molar-refractivity contribution in [2.75, 3.05) is 6.54 Å². The zero-order valence-electron chi connectivity index (χ0n) is 10.1. The Morgan fingerprint density at radius 2 is 1.81 bits per heavy atom. The fourth-order valence-corrected chi connectivity index (χ4v) is 3.62. The molecular weight excluding hydrogens is 226 g/mol. The van der Waals surface area contributed by atoms with Crippen molar-refractivity contribution in [2.24, 2.45) is 11.7 Å². The SMILES string of the molecule is CC(C)NS(=O)(=O)NC(CN)C1CCCC1. The quantitative estimate of drug-likeness (QED) is 0.634. The fourth-order valence-electron chi connectivity index (χ4n) is 2.24. The van der Waals surface area contributed by atoms with Gasteiger partial charge in [0.25, 0.3) is 10.2 Å². The zero-order chi connectivity index (χ0) is 12.2. The maximum atomic E-state index is 11.7. The third-order valence-electron chi connectivity index (χ3n) is 2.92. The van der Waals surface area contributed by atoms with Gasteiger partial charge in [-0.2, -0.15) is 17.9 Å². The Bertz CT molecular complexity index is 297. The number of hydrogen-bond acceptors (Lipinski definition) is 3. The van der Waals surface area contributed by atoms with E-state index in [1.165, 1.54) is 12.8 Å². The van der Waals surface area contributed by atoms with E-state index in [0.717, 1.165) is 12.8 Å². The molecule has 0 aromatic heterocycles. The molecule has 1 atom stereocenters. The summed E-state index contributed by atoms with van der Waals surface area (Å²) in [5.41, 5.74) is 5.64. The monoisotopic (exact) mass is 249 g/mol. The van der Waals surface area contributed by atoms with E-state index in [4.69, 9.17) is 5.73 Å². The van der Waals surface area contributed by atoms with Gasteiger partial charge < -0.3 is 5.73 Å². The normalized spacial score (nSPS) is 20.5. The summed E-state index contributed by atoms with van der Waals surface area (Å²) in [5, 5.41) is 0. The number of nitrogens with one attached hydrogen (secondary N) is 2. The number of rotatable bonds is 6. The molecule has 5 nitrogen and oxygen atoms in total. The highest BCUT2D eigenvalue weighted by Crippen LogP contribution is 2.27. The molecule has 1 rings (SSSR count). The molecule has 0 saturated heterocycles. The van der Waals surface area contributed by atoms with Crippen molar-refractivity contribution < 1.29 is 8.42 Å². The summed E-state index contributed by atoms with van der Waals surface area (Å²) in [4.78, 5) is 0. The molecule has 1 aliphatic carbocycles. The van der Waals surface area contributed by atoms with E-state index in [9.17, 15) is 8.42 Å². The molecule has 0 aromatic carbocycles. The lowest BCUT2D eigenvalue weighted by molar-refractivity contribution is 0.402. The zero-order valence-corrected chi connectivity index (χ0v) is 10.9. The molecule has 1 unspecified atom stereocenters. The molecule has 4 N–H and O–H groups in total. The van der Waals surface area contributed by atoms with Crippen LogP contribution in [0.1, 0.15) is 39.5 Å². The van der Waals surface area contributed by atoms with Crippen molar-refractivity contribution in [3.05, 3.63) is 0 Å². The second-order valence-electron chi connectivity index (χ2n) is 4.78. The van der Waals surface area contributed by atoms with E-state index in [2.05, 4.69) is 9.44 Å². The molecule has 0 aliphatic heterocycles. The maximum absolute atomic E-state index is 11.7. The Hall–Kier alpha value is -0.170. The van der Waals surface area contributed by atoms with E-state index >= 15 is 0 Å². The minimum absolute atomic E-state index is 0.0977. The van der Waals surface area contributed by atoms with E-state index in [-0.39, 0.29) is 12.1 Å². The van der Waals surface area contributed by atoms with Crippen LogP contribution < -0.4 is 15.2 Å². The molecule has 0 aromatic rings. The van der Waals surface area contributed by atoms with Crippen LogP contribution in [-0.4, -0.2) is 27.0 Å². The molecule has 96 valence electrons. The van der Waals surface area contributed by atoms with Crippen molar-refractivity contribution in [1.29, 1.82) is 0 Å². The van der Waals surface area contributed by atoms with Crippen LogP contribution >= 0.6 is 0 Å². The van der Waals surface area contributed by atoms with Gasteiger partial charge in [0.1, 0.15) is 0 Å². The molecule has 0 spiro atoms. The summed E-state index contributed by atoms with van der Waals surface area (Å²) in [6.07, 6.45) is 4.51. The summed E-state index contributed by atoms with van der Waals surface area (Å²) in [6, 6.07) is -0.224. The summed E-state index contributed by atoms with van der Waals surface area (Å²) >= 11 is 0. The van der Waals surface area contributed by atoms with Gasteiger partial charge >= 0.3 is 0 Å². The van der Waals surface area contributed by atoms with Crippen LogP contribution in [0.3, 0.4) is 0 Å². The van der Waals surface area contributed by atoms with Crippen LogP contribution in [0.25, 0.3) is 0 Å². The molecule has 0 heterocycles. The van der Waals surface area contributed by atoms with Crippen molar-refractivity contribution in [3.8, 4) is 0 Å². The fraction of sp³-hybridized carbons (Fsp3) is 1.00. The highest BCUT2D eigenvalue weighted by atomic mass is 32.2. The van der Waals surface area contributed by atoms with Crippen LogP contribution in [0, 0.1) is 5.92 Å². The van der Waals surface area contributed by atoms with Crippen LogP contribution in [0.15, 0.2) is 0 Å². The molecule has 0 amide bonds. The van der Waals surface area contributed by atoms with E-state index in [0.29, 0.717) is 12.5 Å². The molecule has 1 fully saturated rings. The highest BCUT2D eigenvalue weighted by Gasteiger charge is 2.27. The lowest BCUT2D eigenvalue weighted by Gasteiger charge is -2.23. The Balaban J connectivity index is 2.55. The average molecular weight is 249 g/mol. The Kier molecular flexibility index (Phi) is 5.17. The van der Waals surface area contributed by atoms with Crippen molar-refractivity contribution in [3.63, 3.8) is 0 Å². The largest absolute Gasteiger partial charge is 0.329 e. The van der Waals surface area contributed by atoms with Gasteiger partial charge in [-0.1, -0.05) is 12.8 Å². The topological polar surface area (TPSA) is 84.2 Å². The minimum Gasteiger partial charge on any atom is -0.329 e. The van der Waals surface area contributed by atoms with Crippen LogP contribution in [0.5, 0.6) is 0 Å². The van der Waals surface area contributed by atoms with Gasteiger partial charge in [-0.15, -0.1) is 0 Å². The predicted octanol–water partition coefficient (Wildman–Crippen LogP) is 0.336. The van der Waals surface area contributed by atoms with Gasteiger partial charge in [-0.3, -0.25) is 0 Å². The number of hydrogen-bond donors (Lipinski definition) is 3. The Morgan fingerprint density at radius 3 is 2.25 bits per heavy atom. The minimum atomic E-state index is -3.41. The second kappa shape index (κ2) is 5.95. The van der Waals surface area contributed by atoms with Gasteiger partial charge in [-0.25, -0.2) is 0 Å². The van der Waals surface area contributed by atoms with E-state index < -0.39 is 10.2 Å². The Labute approximate surface area is 98.4 Å². The average Bonchev–Trinajstić information content (AvgIpc) is 2.64. The van der Waals surface area contributed by atoms with Crippen molar-refractivity contribution >= 4 is 10.2 Å². The first-order chi connectivity index (χ1) is 7.44. The summed E-state index contributed by atoms with van der Waals surface area (Å²) in [5.74, 6) is 0.397. The highest BCUT2D eigenvalue weighted by molar-refractivity contribution is 7.87. The van der Waals surface area contributed by atoms with Crippen LogP contribution in [-0.2, 0) is 10.2 Å². The second-order valence-corrected chi connectivity index (χ2v) is 6.26. The maximum Gasteiger partial charge on any atom is 0.277 e. The van der Waals surface area contributed by atoms with Gasteiger partial charge in [0.15, 0.2) is 0 Å². The first kappa shape index (κ1) is 13.9. The van der Waals surface area contributed by atoms with Gasteiger partial charge in [0.05, 0.1) is 0 Å². The lowest BCUT2D eigenvalue weighted by atomic mass is 9.99. The summed E-state index contributed by atoms with van der Waals surface area (Å²) in [7, 11) is -3.41. The molecule has 0 bridgehead atoms. The third-order valence-corrected chi connectivity index (χ3v) is 4.31. The standard InChI is InChI=1S/C10H23N3O2S/c1-8(2)12-16(14,15)13-10(7-11)9-5-3-4-6-9/h8-10,12-13H,3-7,11H2,1-2H3. The summed E-state index contributed by atoms with van der Waals surface area (Å²) in [6.45, 7) is 3.96. The third kappa shape index (κ3) is 4.37. The van der Waals surface area contributed by atoms with Gasteiger partial charge in [0, 0.05) is 18.6 Å². The first-order valence-corrected chi connectivity index (χ1v) is 7.42. The van der Waals surface area contributed by atoms with E-state index in [1.54, 1.807) is 13.8 Å². The van der Waals surface area contributed by atoms with Gasteiger partial charge in [0.2, 0.25) is 0 Å². The predicted molar refractivity (Wildman–Crippen MR) is 65.1 cm³/mol. The van der Waals surface area contributed by atoms with Crippen molar-refractivity contribution in [1.82, 2.24) is 9.44 Å². The van der Waals surface area contributed by atoms with Crippen molar-refractivity contribution in [2.45, 2.75) is 51.6 Å². The van der Waals surface area contributed by atoms with Gasteiger partial charge in [-0.05, 0) is 32.6 Å². The smallest absolute Gasteiger partial charge is 0.277 e. The van der Waals surface area contributed by atoms with E-state index in [1.807, 2.05) is 0 Å². The molecule has 6 heteroatoms. The Morgan fingerprint density at radius 1 is 1.25 bits per heavy atom. The van der Waals surface area contributed by atoms with Crippen LogP contribution in [0.2, 0.25) is 0 Å². The summed E-state index contributed by atoms with van der Waals surface area (Å²) < 4.78 is 28.5. The molecule has 16 heavy (non-hydrogen) atoms. The number of nitrogens with two attached hydrogens (primary N) is 1. The first-order valence-electron chi connectivity index (χ1n) is 5.94. The van der Waals surface area contributed by atoms with Crippen LogP contribution in [0.4, 0.5) is 0 Å². The molecular formula is C10H23N3O2S. The molecule has 1 aliphatic rings.